The van der Waals surface area contributed by atoms with E-state index in [1.165, 1.54) is 4.90 Å². The SMILES string of the molecule is CCOc1ccc(/C(O)=C2\C(=O)C(=O)N(c3nc4ccccc4[nH]3)C2c2cccnc2)cc1C(C)(C)C. The number of aromatic nitrogens is 3. The summed E-state index contributed by atoms with van der Waals surface area (Å²) < 4.78 is 5.81. The molecule has 5 rings (SSSR count). The summed E-state index contributed by atoms with van der Waals surface area (Å²) in [6.45, 7) is 8.55. The third-order valence-corrected chi connectivity index (χ3v) is 6.41. The summed E-state index contributed by atoms with van der Waals surface area (Å²) in [7, 11) is 0. The third-order valence-electron chi connectivity index (χ3n) is 6.41. The Kier molecular flexibility index (Phi) is 6.03. The molecule has 0 bridgehead atoms. The Morgan fingerprint density at radius 2 is 1.89 bits per heavy atom. The van der Waals surface area contributed by atoms with Gasteiger partial charge in [-0.15, -0.1) is 0 Å². The number of fused-ring (bicyclic) bond motifs is 1. The van der Waals surface area contributed by atoms with E-state index in [0.717, 1.165) is 11.1 Å². The molecule has 8 nitrogen and oxygen atoms in total. The Hall–Kier alpha value is -4.46. The highest BCUT2D eigenvalue weighted by atomic mass is 16.5. The zero-order valence-electron chi connectivity index (χ0n) is 21.1. The van der Waals surface area contributed by atoms with Crippen LogP contribution in [0.1, 0.15) is 50.4 Å². The number of hydrogen-bond acceptors (Lipinski definition) is 6. The molecule has 2 aromatic heterocycles. The first-order valence-corrected chi connectivity index (χ1v) is 12.1. The van der Waals surface area contributed by atoms with Gasteiger partial charge in [0.15, 0.2) is 0 Å². The van der Waals surface area contributed by atoms with Crippen LogP contribution in [0.3, 0.4) is 0 Å². The van der Waals surface area contributed by atoms with E-state index in [1.807, 2.05) is 58.0 Å². The Morgan fingerprint density at radius 3 is 2.57 bits per heavy atom. The molecule has 1 saturated heterocycles. The van der Waals surface area contributed by atoms with E-state index >= 15 is 0 Å². The normalized spacial score (nSPS) is 17.5. The van der Waals surface area contributed by atoms with E-state index in [1.54, 1.807) is 36.7 Å². The summed E-state index contributed by atoms with van der Waals surface area (Å²) in [6.07, 6.45) is 3.19. The van der Waals surface area contributed by atoms with E-state index < -0.39 is 17.7 Å². The summed E-state index contributed by atoms with van der Waals surface area (Å²) in [5, 5.41) is 11.5. The predicted octanol–water partition coefficient (Wildman–Crippen LogP) is 5.28. The largest absolute Gasteiger partial charge is 0.507 e. The molecule has 4 aromatic rings. The summed E-state index contributed by atoms with van der Waals surface area (Å²) in [6, 6.07) is 15.2. The minimum Gasteiger partial charge on any atom is -0.507 e. The number of amides is 1. The minimum absolute atomic E-state index is 0.0255. The molecule has 1 aliphatic heterocycles. The number of ketones is 1. The van der Waals surface area contributed by atoms with Gasteiger partial charge in [-0.2, -0.15) is 0 Å². The van der Waals surface area contributed by atoms with Crippen molar-refractivity contribution in [2.45, 2.75) is 39.2 Å². The Bertz CT molecular complexity index is 1500. The van der Waals surface area contributed by atoms with Crippen LogP contribution in [0.4, 0.5) is 5.95 Å². The van der Waals surface area contributed by atoms with Crippen molar-refractivity contribution in [3.05, 3.63) is 89.3 Å². The van der Waals surface area contributed by atoms with E-state index in [-0.39, 0.29) is 22.7 Å². The fraction of sp³-hybridized carbons (Fsp3) is 0.241. The van der Waals surface area contributed by atoms with Crippen molar-refractivity contribution in [2.75, 3.05) is 11.5 Å². The van der Waals surface area contributed by atoms with Crippen molar-refractivity contribution in [1.82, 2.24) is 15.0 Å². The van der Waals surface area contributed by atoms with Gasteiger partial charge in [0.05, 0.1) is 29.3 Å². The lowest BCUT2D eigenvalue weighted by Crippen LogP contribution is -2.30. The summed E-state index contributed by atoms with van der Waals surface area (Å²) >= 11 is 0. The fourth-order valence-corrected chi connectivity index (χ4v) is 4.66. The third kappa shape index (κ3) is 4.24. The van der Waals surface area contributed by atoms with Crippen LogP contribution in [0.2, 0.25) is 0 Å². The maximum atomic E-state index is 13.5. The van der Waals surface area contributed by atoms with Crippen LogP contribution >= 0.6 is 0 Å². The second-order valence-electron chi connectivity index (χ2n) is 9.93. The molecule has 1 fully saturated rings. The second kappa shape index (κ2) is 9.20. The molecule has 8 heteroatoms. The zero-order valence-corrected chi connectivity index (χ0v) is 21.1. The van der Waals surface area contributed by atoms with E-state index in [2.05, 4.69) is 15.0 Å². The smallest absolute Gasteiger partial charge is 0.302 e. The lowest BCUT2D eigenvalue weighted by atomic mass is 9.84. The van der Waals surface area contributed by atoms with Crippen molar-refractivity contribution in [3.63, 3.8) is 0 Å². The number of carbonyl (C=O) groups excluding carboxylic acids is 2. The number of aliphatic hydroxyl groups excluding tert-OH is 1. The number of benzene rings is 2. The number of nitrogens with zero attached hydrogens (tertiary/aromatic N) is 3. The number of anilines is 1. The molecule has 1 unspecified atom stereocenters. The molecule has 2 aromatic carbocycles. The van der Waals surface area contributed by atoms with Gasteiger partial charge in [0, 0.05) is 23.5 Å². The topological polar surface area (TPSA) is 108 Å². The maximum absolute atomic E-state index is 13.5. The van der Waals surface area contributed by atoms with Gasteiger partial charge in [-0.25, -0.2) is 4.98 Å². The molecule has 0 aliphatic carbocycles. The number of H-pyrrole nitrogens is 1. The van der Waals surface area contributed by atoms with Gasteiger partial charge in [0.1, 0.15) is 11.5 Å². The Balaban J connectivity index is 1.71. The molecule has 0 spiro atoms. The van der Waals surface area contributed by atoms with Gasteiger partial charge in [-0.1, -0.05) is 39.0 Å². The highest BCUT2D eigenvalue weighted by Crippen LogP contribution is 2.42. The number of imidazole rings is 1. The van der Waals surface area contributed by atoms with Gasteiger partial charge >= 0.3 is 5.91 Å². The van der Waals surface area contributed by atoms with Crippen LogP contribution in [0.15, 0.2) is 72.6 Å². The molecule has 1 aliphatic rings. The average molecular weight is 497 g/mol. The first-order valence-electron chi connectivity index (χ1n) is 12.1. The van der Waals surface area contributed by atoms with Gasteiger partial charge in [-0.05, 0) is 54.3 Å². The molecule has 188 valence electrons. The molecular weight excluding hydrogens is 468 g/mol. The van der Waals surface area contributed by atoms with Crippen molar-refractivity contribution < 1.29 is 19.4 Å². The summed E-state index contributed by atoms with van der Waals surface area (Å²) in [5.74, 6) is -0.912. The molecule has 37 heavy (non-hydrogen) atoms. The van der Waals surface area contributed by atoms with Crippen LogP contribution in [0.25, 0.3) is 16.8 Å². The summed E-state index contributed by atoms with van der Waals surface area (Å²) in [4.78, 5) is 40.1. The van der Waals surface area contributed by atoms with Crippen molar-refractivity contribution in [3.8, 4) is 5.75 Å². The molecule has 3 heterocycles. The molecule has 2 N–H and O–H groups in total. The number of Topliss-reactive ketones (excluding diaryl/α,β-unsaturated/α-hetero) is 1. The lowest BCUT2D eigenvalue weighted by Gasteiger charge is -2.24. The van der Waals surface area contributed by atoms with Gasteiger partial charge < -0.3 is 14.8 Å². The zero-order chi connectivity index (χ0) is 26.3. The first kappa shape index (κ1) is 24.2. The minimum atomic E-state index is -0.918. The van der Waals surface area contributed by atoms with Crippen LogP contribution in [-0.2, 0) is 15.0 Å². The first-order chi connectivity index (χ1) is 17.7. The maximum Gasteiger partial charge on any atom is 0.302 e. The highest BCUT2D eigenvalue weighted by molar-refractivity contribution is 6.51. The monoisotopic (exact) mass is 496 g/mol. The fourth-order valence-electron chi connectivity index (χ4n) is 4.66. The lowest BCUT2D eigenvalue weighted by molar-refractivity contribution is -0.132. The molecule has 0 saturated carbocycles. The van der Waals surface area contributed by atoms with E-state index in [9.17, 15) is 14.7 Å². The van der Waals surface area contributed by atoms with Gasteiger partial charge in [-0.3, -0.25) is 19.5 Å². The van der Waals surface area contributed by atoms with Crippen molar-refractivity contribution in [1.29, 1.82) is 0 Å². The number of aliphatic hydroxyl groups is 1. The van der Waals surface area contributed by atoms with Crippen LogP contribution in [0, 0.1) is 0 Å². The van der Waals surface area contributed by atoms with Crippen LogP contribution in [-0.4, -0.2) is 38.4 Å². The summed E-state index contributed by atoms with van der Waals surface area (Å²) in [5.41, 5.74) is 2.95. The van der Waals surface area contributed by atoms with Gasteiger partial charge in [0.2, 0.25) is 5.95 Å². The van der Waals surface area contributed by atoms with E-state index in [4.69, 9.17) is 4.74 Å². The number of hydrogen-bond donors (Lipinski definition) is 2. The Morgan fingerprint density at radius 1 is 1.11 bits per heavy atom. The quantitative estimate of drug-likeness (QED) is 0.221. The number of aromatic amines is 1. The second-order valence-corrected chi connectivity index (χ2v) is 9.93. The highest BCUT2D eigenvalue weighted by Gasteiger charge is 2.48. The van der Waals surface area contributed by atoms with Crippen LogP contribution in [0.5, 0.6) is 5.75 Å². The predicted molar refractivity (Wildman–Crippen MR) is 141 cm³/mol. The number of pyridine rings is 1. The van der Waals surface area contributed by atoms with Crippen molar-refractivity contribution >= 4 is 34.4 Å². The van der Waals surface area contributed by atoms with Crippen molar-refractivity contribution in [2.24, 2.45) is 0 Å². The molecular formula is C29H28N4O4. The number of carbonyl (C=O) groups is 2. The van der Waals surface area contributed by atoms with Gasteiger partial charge in [0.25, 0.3) is 5.78 Å². The number of nitrogens with one attached hydrogen (secondary N) is 1. The standard InChI is InChI=1S/C29H28N4O4/c1-5-37-22-13-12-17(15-19(22)29(2,3)4)25(34)23-24(18-9-8-14-30-16-18)33(27(36)26(23)35)28-31-20-10-6-7-11-21(20)32-28/h6-16,24,34H,5H2,1-4H3,(H,31,32)/b25-23+. The number of para-hydroxylation sites is 2. The number of ether oxygens (including phenoxy) is 1. The number of rotatable bonds is 5. The molecule has 1 amide bonds. The van der Waals surface area contributed by atoms with E-state index in [0.29, 0.717) is 29.0 Å². The average Bonchev–Trinajstić information content (AvgIpc) is 3.42. The van der Waals surface area contributed by atoms with Crippen LogP contribution < -0.4 is 9.64 Å². The molecule has 0 radical (unpaired) electrons. The Labute approximate surface area is 214 Å². The molecule has 1 atom stereocenters.